The van der Waals surface area contributed by atoms with Crippen molar-refractivity contribution in [3.8, 4) is 0 Å². The van der Waals surface area contributed by atoms with Crippen LogP contribution in [0, 0.1) is 0 Å². The van der Waals surface area contributed by atoms with Crippen LogP contribution in [0.1, 0.15) is 25.7 Å². The van der Waals surface area contributed by atoms with Gasteiger partial charge in [0.25, 0.3) is 11.8 Å². The molecule has 14 nitrogen and oxygen atoms in total. The zero-order chi connectivity index (χ0) is 24.5. The molecule has 0 radical (unpaired) electrons. The monoisotopic (exact) mass is 477 g/mol. The lowest BCUT2D eigenvalue weighted by molar-refractivity contribution is -0.197. The molecule has 1 fully saturated rings. The van der Waals surface area contributed by atoms with Gasteiger partial charge in [0.1, 0.15) is 19.3 Å². The summed E-state index contributed by atoms with van der Waals surface area (Å²) in [5, 5.41) is 5.40. The normalized spacial score (nSPS) is 13.2. The number of rotatable bonds is 16. The number of nitrogens with zero attached hydrogens (tertiary/aromatic N) is 1. The summed E-state index contributed by atoms with van der Waals surface area (Å²) in [7, 11) is 2.98. The number of nitrogens with one attached hydrogen (secondary N) is 2. The minimum Gasteiger partial charge on any atom is -0.447 e. The van der Waals surface area contributed by atoms with Crippen LogP contribution in [0.2, 0.25) is 0 Å². The van der Waals surface area contributed by atoms with Gasteiger partial charge in [0.05, 0.1) is 19.6 Å². The first-order chi connectivity index (χ1) is 15.9. The maximum Gasteiger partial charge on any atom is 0.407 e. The molecule has 4 amide bonds. The fraction of sp³-hybridized carbons (Fsp3) is 0.737. The summed E-state index contributed by atoms with van der Waals surface area (Å²) < 4.78 is 25.2. The Kier molecular flexibility index (Phi) is 14.1. The van der Waals surface area contributed by atoms with Gasteiger partial charge in [-0.25, -0.2) is 14.4 Å². The van der Waals surface area contributed by atoms with Crippen LogP contribution in [0.4, 0.5) is 9.59 Å². The lowest BCUT2D eigenvalue weighted by Gasteiger charge is -2.18. The summed E-state index contributed by atoms with van der Waals surface area (Å²) in [5.74, 6) is -1.89. The standard InChI is InChI=1S/C19H31N3O11/c1-28-10-7-20-18(26)31-12-14(13-32-19(27)21-8-11-29-2)30-9-3-4-17(25)33-22-15(23)5-6-16(22)24/h14H,3-13H2,1-2H3,(H,20,26)(H,21,27). The molecule has 1 rings (SSSR count). The third-order valence-electron chi connectivity index (χ3n) is 4.03. The molecule has 188 valence electrons. The minimum absolute atomic E-state index is 0.00893. The van der Waals surface area contributed by atoms with Gasteiger partial charge in [-0.2, -0.15) is 0 Å². The van der Waals surface area contributed by atoms with Crippen LogP contribution in [-0.4, -0.2) is 101 Å². The maximum atomic E-state index is 11.8. The van der Waals surface area contributed by atoms with Crippen LogP contribution in [0.3, 0.4) is 0 Å². The van der Waals surface area contributed by atoms with Crippen molar-refractivity contribution in [3.05, 3.63) is 0 Å². The molecule has 0 aromatic rings. The summed E-state index contributed by atoms with van der Waals surface area (Å²) in [6.45, 7) is 0.726. The van der Waals surface area contributed by atoms with E-state index in [1.54, 1.807) is 0 Å². The first-order valence-corrected chi connectivity index (χ1v) is 10.3. The van der Waals surface area contributed by atoms with Crippen LogP contribution in [0.5, 0.6) is 0 Å². The first kappa shape index (κ1) is 28.1. The highest BCUT2D eigenvalue weighted by Crippen LogP contribution is 2.13. The van der Waals surface area contributed by atoms with Gasteiger partial charge in [0.15, 0.2) is 0 Å². The topological polar surface area (TPSA) is 168 Å². The Morgan fingerprint density at radius 2 is 1.39 bits per heavy atom. The molecule has 0 bridgehead atoms. The fourth-order valence-electron chi connectivity index (χ4n) is 2.37. The third-order valence-corrected chi connectivity index (χ3v) is 4.03. The summed E-state index contributed by atoms with van der Waals surface area (Å²) >= 11 is 0. The molecule has 14 heteroatoms. The second-order valence-electron chi connectivity index (χ2n) is 6.68. The van der Waals surface area contributed by atoms with Crippen molar-refractivity contribution in [2.24, 2.45) is 0 Å². The fourth-order valence-corrected chi connectivity index (χ4v) is 2.37. The van der Waals surface area contributed by atoms with E-state index in [0.29, 0.717) is 18.3 Å². The molecule has 0 aromatic carbocycles. The van der Waals surface area contributed by atoms with E-state index >= 15 is 0 Å². The van der Waals surface area contributed by atoms with E-state index < -0.39 is 36.1 Å². The van der Waals surface area contributed by atoms with Gasteiger partial charge in [0, 0.05) is 46.8 Å². The predicted molar refractivity (Wildman–Crippen MR) is 109 cm³/mol. The van der Waals surface area contributed by atoms with E-state index in [4.69, 9.17) is 28.5 Å². The van der Waals surface area contributed by atoms with E-state index in [1.807, 2.05) is 0 Å². The predicted octanol–water partition coefficient (Wildman–Crippen LogP) is -0.496. The maximum absolute atomic E-state index is 11.8. The Morgan fingerprint density at radius 1 is 0.879 bits per heavy atom. The van der Waals surface area contributed by atoms with Gasteiger partial charge in [-0.15, -0.1) is 5.06 Å². The van der Waals surface area contributed by atoms with E-state index in [9.17, 15) is 24.0 Å². The van der Waals surface area contributed by atoms with Crippen LogP contribution in [0.15, 0.2) is 0 Å². The van der Waals surface area contributed by atoms with Crippen molar-refractivity contribution in [1.82, 2.24) is 15.7 Å². The molecule has 1 aliphatic rings. The zero-order valence-electron chi connectivity index (χ0n) is 18.8. The lowest BCUT2D eigenvalue weighted by atomic mass is 10.3. The molecule has 0 atom stereocenters. The number of hydrogen-bond donors (Lipinski definition) is 2. The average molecular weight is 477 g/mol. The molecule has 33 heavy (non-hydrogen) atoms. The number of hydroxylamine groups is 2. The molecule has 0 spiro atoms. The molecular weight excluding hydrogens is 446 g/mol. The Labute approximate surface area is 191 Å². The first-order valence-electron chi connectivity index (χ1n) is 10.3. The Morgan fingerprint density at radius 3 is 1.88 bits per heavy atom. The largest absolute Gasteiger partial charge is 0.447 e. The number of alkyl carbamates (subject to hydrolysis) is 2. The van der Waals surface area contributed by atoms with Crippen LogP contribution in [0.25, 0.3) is 0 Å². The van der Waals surface area contributed by atoms with Crippen molar-refractivity contribution in [3.63, 3.8) is 0 Å². The van der Waals surface area contributed by atoms with Gasteiger partial charge < -0.3 is 39.2 Å². The number of hydrogen-bond acceptors (Lipinski definition) is 11. The number of carbonyl (C=O) groups is 5. The van der Waals surface area contributed by atoms with E-state index in [-0.39, 0.29) is 58.6 Å². The molecular formula is C19H31N3O11. The van der Waals surface area contributed by atoms with Crippen molar-refractivity contribution in [2.75, 3.05) is 60.3 Å². The molecule has 0 saturated carbocycles. The SMILES string of the molecule is COCCNC(=O)OCC(COC(=O)NCCOC)OCCCC(=O)ON1C(=O)CCC1=O. The van der Waals surface area contributed by atoms with Crippen LogP contribution < -0.4 is 10.6 Å². The molecule has 0 unspecified atom stereocenters. The summed E-state index contributed by atoms with van der Waals surface area (Å²) in [5.41, 5.74) is 0. The van der Waals surface area contributed by atoms with Gasteiger partial charge >= 0.3 is 18.2 Å². The smallest absolute Gasteiger partial charge is 0.407 e. The van der Waals surface area contributed by atoms with Crippen LogP contribution >= 0.6 is 0 Å². The average Bonchev–Trinajstić information content (AvgIpc) is 3.10. The second kappa shape index (κ2) is 16.6. The quantitative estimate of drug-likeness (QED) is 0.217. The van der Waals surface area contributed by atoms with Crippen LogP contribution in [-0.2, 0) is 42.9 Å². The number of amides is 4. The summed E-state index contributed by atoms with van der Waals surface area (Å²) in [6.07, 6.45) is -2.12. The highest BCUT2D eigenvalue weighted by atomic mass is 16.7. The van der Waals surface area contributed by atoms with Gasteiger partial charge in [-0.05, 0) is 6.42 Å². The van der Waals surface area contributed by atoms with Crippen molar-refractivity contribution >= 4 is 30.0 Å². The summed E-state index contributed by atoms with van der Waals surface area (Å²) in [6, 6.07) is 0. The van der Waals surface area contributed by atoms with Crippen molar-refractivity contribution in [1.29, 1.82) is 0 Å². The van der Waals surface area contributed by atoms with E-state index in [2.05, 4.69) is 10.6 Å². The second-order valence-corrected chi connectivity index (χ2v) is 6.68. The molecule has 1 saturated heterocycles. The van der Waals surface area contributed by atoms with E-state index in [0.717, 1.165) is 0 Å². The highest BCUT2D eigenvalue weighted by Gasteiger charge is 2.32. The third kappa shape index (κ3) is 12.6. The van der Waals surface area contributed by atoms with Crippen molar-refractivity contribution in [2.45, 2.75) is 31.8 Å². The summed E-state index contributed by atoms with van der Waals surface area (Å²) in [4.78, 5) is 62.8. The highest BCUT2D eigenvalue weighted by molar-refractivity contribution is 6.01. The van der Waals surface area contributed by atoms with Crippen molar-refractivity contribution < 1.29 is 52.5 Å². The molecule has 0 aliphatic carbocycles. The lowest BCUT2D eigenvalue weighted by Crippen LogP contribution is -2.35. The number of ether oxygens (including phenoxy) is 5. The van der Waals surface area contributed by atoms with Gasteiger partial charge in [-0.1, -0.05) is 0 Å². The van der Waals surface area contributed by atoms with E-state index in [1.165, 1.54) is 14.2 Å². The Bertz CT molecular complexity index is 617. The molecule has 1 heterocycles. The minimum atomic E-state index is -0.802. The number of carbonyl (C=O) groups excluding carboxylic acids is 5. The number of imide groups is 1. The Balaban J connectivity index is 2.38. The zero-order valence-corrected chi connectivity index (χ0v) is 18.8. The van der Waals surface area contributed by atoms with Gasteiger partial charge in [-0.3, -0.25) is 9.59 Å². The molecule has 2 N–H and O–H groups in total. The molecule has 1 aliphatic heterocycles. The van der Waals surface area contributed by atoms with Gasteiger partial charge in [0.2, 0.25) is 0 Å². The Hall–Kier alpha value is -2.97. The molecule has 0 aromatic heterocycles. The number of methoxy groups -OCH3 is 2.